The van der Waals surface area contributed by atoms with E-state index in [-0.39, 0.29) is 5.54 Å². The van der Waals surface area contributed by atoms with Gasteiger partial charge in [-0.2, -0.15) is 0 Å². The maximum atomic E-state index is 5.38. The van der Waals surface area contributed by atoms with Crippen molar-refractivity contribution in [2.45, 2.75) is 31.7 Å². The molecule has 0 atom stereocenters. The Morgan fingerprint density at radius 1 is 1.31 bits per heavy atom. The summed E-state index contributed by atoms with van der Waals surface area (Å²) in [5, 5.41) is 3.65. The van der Waals surface area contributed by atoms with Crippen LogP contribution in [0, 0.1) is 0 Å². The summed E-state index contributed by atoms with van der Waals surface area (Å²) in [4.78, 5) is 4.02. The lowest BCUT2D eigenvalue weighted by molar-refractivity contribution is 0.0456. The van der Waals surface area contributed by atoms with Gasteiger partial charge in [0.25, 0.3) is 0 Å². The first-order valence-corrected chi connectivity index (χ1v) is 6.00. The van der Waals surface area contributed by atoms with Gasteiger partial charge in [0.15, 0.2) is 0 Å². The molecule has 0 radical (unpaired) electrons. The first-order chi connectivity index (χ1) is 7.79. The number of pyridine rings is 1. The minimum Gasteiger partial charge on any atom is -0.381 e. The van der Waals surface area contributed by atoms with Gasteiger partial charge in [0, 0.05) is 31.1 Å². The van der Waals surface area contributed by atoms with E-state index in [0.717, 1.165) is 39.0 Å². The van der Waals surface area contributed by atoms with Gasteiger partial charge in [-0.1, -0.05) is 0 Å². The number of hydrogen-bond donors (Lipinski definition) is 1. The second-order valence-corrected chi connectivity index (χ2v) is 4.71. The summed E-state index contributed by atoms with van der Waals surface area (Å²) in [6.45, 7) is 5.10. The summed E-state index contributed by atoms with van der Waals surface area (Å²) in [6, 6.07) is 4.15. The zero-order valence-electron chi connectivity index (χ0n) is 9.91. The fourth-order valence-corrected chi connectivity index (χ4v) is 2.06. The van der Waals surface area contributed by atoms with E-state index in [1.165, 1.54) is 5.56 Å². The molecule has 2 heterocycles. The normalized spacial score (nSPS) is 19.6. The first-order valence-electron chi connectivity index (χ1n) is 6.00. The molecule has 3 nitrogen and oxygen atoms in total. The molecule has 1 fully saturated rings. The maximum absolute atomic E-state index is 5.38. The van der Waals surface area contributed by atoms with Gasteiger partial charge >= 0.3 is 0 Å². The largest absolute Gasteiger partial charge is 0.381 e. The van der Waals surface area contributed by atoms with Gasteiger partial charge in [-0.05, 0) is 50.4 Å². The fraction of sp³-hybridized carbons (Fsp3) is 0.615. The molecule has 1 saturated heterocycles. The molecule has 0 bridgehead atoms. The average Bonchev–Trinajstić information content (AvgIpc) is 2.31. The Labute approximate surface area is 97.2 Å². The van der Waals surface area contributed by atoms with E-state index in [2.05, 4.69) is 29.4 Å². The lowest BCUT2D eigenvalue weighted by atomic mass is 9.92. The van der Waals surface area contributed by atoms with Gasteiger partial charge in [-0.3, -0.25) is 4.98 Å². The van der Waals surface area contributed by atoms with E-state index in [1.54, 1.807) is 0 Å². The smallest absolute Gasteiger partial charge is 0.0483 e. The molecule has 1 aromatic heterocycles. The molecule has 1 aliphatic rings. The van der Waals surface area contributed by atoms with Crippen LogP contribution in [0.1, 0.15) is 25.3 Å². The monoisotopic (exact) mass is 220 g/mol. The van der Waals surface area contributed by atoms with E-state index in [0.29, 0.717) is 0 Å². The lowest BCUT2D eigenvalue weighted by Crippen LogP contribution is -2.47. The molecular weight excluding hydrogens is 200 g/mol. The second-order valence-electron chi connectivity index (χ2n) is 4.71. The number of aromatic nitrogens is 1. The SMILES string of the molecule is CC1(NCCc2ccncc2)CCOCC1. The molecule has 0 aromatic carbocycles. The highest BCUT2D eigenvalue weighted by atomic mass is 16.5. The van der Waals surface area contributed by atoms with E-state index in [9.17, 15) is 0 Å². The first kappa shape index (κ1) is 11.6. The van der Waals surface area contributed by atoms with Crippen molar-refractivity contribution < 1.29 is 4.74 Å². The number of rotatable bonds is 4. The van der Waals surface area contributed by atoms with Gasteiger partial charge in [-0.15, -0.1) is 0 Å². The third-order valence-electron chi connectivity index (χ3n) is 3.31. The number of nitrogens with zero attached hydrogens (tertiary/aromatic N) is 1. The van der Waals surface area contributed by atoms with E-state index in [4.69, 9.17) is 4.74 Å². The molecule has 1 aliphatic heterocycles. The van der Waals surface area contributed by atoms with E-state index >= 15 is 0 Å². The molecule has 3 heteroatoms. The van der Waals surface area contributed by atoms with Crippen molar-refractivity contribution >= 4 is 0 Å². The lowest BCUT2D eigenvalue weighted by Gasteiger charge is -2.34. The van der Waals surface area contributed by atoms with Gasteiger partial charge in [0.05, 0.1) is 0 Å². The van der Waals surface area contributed by atoms with Crippen molar-refractivity contribution in [2.24, 2.45) is 0 Å². The standard InChI is InChI=1S/C13H20N2O/c1-13(5-10-16-11-6-13)15-9-4-12-2-7-14-8-3-12/h2-3,7-8,15H,4-6,9-11H2,1H3. The van der Waals surface area contributed by atoms with E-state index in [1.807, 2.05) is 12.4 Å². The summed E-state index contributed by atoms with van der Waals surface area (Å²) >= 11 is 0. The molecular formula is C13H20N2O. The Morgan fingerprint density at radius 3 is 2.69 bits per heavy atom. The highest BCUT2D eigenvalue weighted by Crippen LogP contribution is 2.19. The van der Waals surface area contributed by atoms with Crippen molar-refractivity contribution in [2.75, 3.05) is 19.8 Å². The van der Waals surface area contributed by atoms with Crippen molar-refractivity contribution in [3.63, 3.8) is 0 Å². The summed E-state index contributed by atoms with van der Waals surface area (Å²) in [6.07, 6.45) is 7.00. The zero-order valence-corrected chi connectivity index (χ0v) is 9.91. The summed E-state index contributed by atoms with van der Waals surface area (Å²) < 4.78 is 5.38. The summed E-state index contributed by atoms with van der Waals surface area (Å²) in [5.74, 6) is 0. The molecule has 2 rings (SSSR count). The van der Waals surface area contributed by atoms with Crippen LogP contribution in [0.5, 0.6) is 0 Å². The van der Waals surface area contributed by atoms with Crippen LogP contribution >= 0.6 is 0 Å². The minimum atomic E-state index is 0.269. The topological polar surface area (TPSA) is 34.2 Å². The molecule has 1 aromatic rings. The Bertz CT molecular complexity index is 307. The molecule has 0 spiro atoms. The van der Waals surface area contributed by atoms with Crippen LogP contribution in [0.25, 0.3) is 0 Å². The molecule has 88 valence electrons. The number of ether oxygens (including phenoxy) is 1. The quantitative estimate of drug-likeness (QED) is 0.840. The predicted octanol–water partition coefficient (Wildman–Crippen LogP) is 1.78. The summed E-state index contributed by atoms with van der Waals surface area (Å²) in [5.41, 5.74) is 1.61. The number of nitrogens with one attached hydrogen (secondary N) is 1. The van der Waals surface area contributed by atoms with Crippen LogP contribution in [0.15, 0.2) is 24.5 Å². The zero-order chi connectivity index (χ0) is 11.3. The van der Waals surface area contributed by atoms with Crippen LogP contribution in [0.3, 0.4) is 0 Å². The van der Waals surface area contributed by atoms with Crippen molar-refractivity contribution in [1.82, 2.24) is 10.3 Å². The van der Waals surface area contributed by atoms with Crippen molar-refractivity contribution in [3.05, 3.63) is 30.1 Å². The van der Waals surface area contributed by atoms with Gasteiger partial charge in [0.1, 0.15) is 0 Å². The van der Waals surface area contributed by atoms with Gasteiger partial charge in [0.2, 0.25) is 0 Å². The molecule has 0 unspecified atom stereocenters. The van der Waals surface area contributed by atoms with Crippen LogP contribution in [0.4, 0.5) is 0 Å². The maximum Gasteiger partial charge on any atom is 0.0483 e. The Kier molecular flexibility index (Phi) is 3.91. The fourth-order valence-electron chi connectivity index (χ4n) is 2.06. The predicted molar refractivity (Wildman–Crippen MR) is 64.4 cm³/mol. The van der Waals surface area contributed by atoms with Crippen LogP contribution in [0.2, 0.25) is 0 Å². The van der Waals surface area contributed by atoms with Crippen LogP contribution in [-0.4, -0.2) is 30.3 Å². The summed E-state index contributed by atoms with van der Waals surface area (Å²) in [7, 11) is 0. The highest BCUT2D eigenvalue weighted by molar-refractivity contribution is 5.10. The van der Waals surface area contributed by atoms with Crippen molar-refractivity contribution in [3.8, 4) is 0 Å². The highest BCUT2D eigenvalue weighted by Gasteiger charge is 2.25. The third-order valence-corrected chi connectivity index (χ3v) is 3.31. The van der Waals surface area contributed by atoms with Gasteiger partial charge in [-0.25, -0.2) is 0 Å². The molecule has 0 amide bonds. The third kappa shape index (κ3) is 3.29. The molecule has 1 N–H and O–H groups in total. The molecule has 16 heavy (non-hydrogen) atoms. The molecule has 0 saturated carbocycles. The van der Waals surface area contributed by atoms with Crippen LogP contribution in [-0.2, 0) is 11.2 Å². The minimum absolute atomic E-state index is 0.269. The number of hydrogen-bond acceptors (Lipinski definition) is 3. The van der Waals surface area contributed by atoms with Crippen molar-refractivity contribution in [1.29, 1.82) is 0 Å². The molecule has 0 aliphatic carbocycles. The Balaban J connectivity index is 1.75. The second kappa shape index (κ2) is 5.41. The Hall–Kier alpha value is -0.930. The average molecular weight is 220 g/mol. The Morgan fingerprint density at radius 2 is 2.00 bits per heavy atom. The van der Waals surface area contributed by atoms with Gasteiger partial charge < -0.3 is 10.1 Å². The van der Waals surface area contributed by atoms with E-state index < -0.39 is 0 Å². The van der Waals surface area contributed by atoms with Crippen LogP contribution < -0.4 is 5.32 Å².